The highest BCUT2D eigenvalue weighted by atomic mass is 19.4. The summed E-state index contributed by atoms with van der Waals surface area (Å²) < 4.78 is 37.1. The van der Waals surface area contributed by atoms with Crippen LogP contribution in [-0.2, 0) is 17.4 Å². The van der Waals surface area contributed by atoms with E-state index in [2.05, 4.69) is 5.32 Å². The monoisotopic (exact) mass is 289 g/mol. The standard InChI is InChI=1S/C14H18F3NO2/c1-2-12(7-8-19)18-13(20)9-10-3-5-11(6-4-10)14(15,16)17/h3-6,12,19H,2,7-9H2,1H3,(H,18,20). The van der Waals surface area contributed by atoms with Gasteiger partial charge in [-0.1, -0.05) is 19.1 Å². The van der Waals surface area contributed by atoms with E-state index in [4.69, 9.17) is 5.11 Å². The quantitative estimate of drug-likeness (QED) is 0.845. The first-order valence-electron chi connectivity index (χ1n) is 6.43. The minimum atomic E-state index is -4.37. The second kappa shape index (κ2) is 7.28. The fourth-order valence-electron chi connectivity index (χ4n) is 1.81. The number of aliphatic hydroxyl groups excluding tert-OH is 1. The van der Waals surface area contributed by atoms with E-state index in [1.54, 1.807) is 0 Å². The highest BCUT2D eigenvalue weighted by Crippen LogP contribution is 2.29. The summed E-state index contributed by atoms with van der Waals surface area (Å²) in [6.45, 7) is 1.87. The predicted molar refractivity (Wildman–Crippen MR) is 69.1 cm³/mol. The number of hydrogen-bond acceptors (Lipinski definition) is 2. The fraction of sp³-hybridized carbons (Fsp3) is 0.500. The summed E-state index contributed by atoms with van der Waals surface area (Å²) in [6.07, 6.45) is -3.18. The van der Waals surface area contributed by atoms with Gasteiger partial charge >= 0.3 is 6.18 Å². The molecule has 0 heterocycles. The number of alkyl halides is 3. The van der Waals surface area contributed by atoms with Gasteiger partial charge in [0, 0.05) is 12.6 Å². The molecule has 6 heteroatoms. The summed E-state index contributed by atoms with van der Waals surface area (Å²) in [7, 11) is 0. The summed E-state index contributed by atoms with van der Waals surface area (Å²) in [5, 5.41) is 11.6. The van der Waals surface area contributed by atoms with E-state index in [-0.39, 0.29) is 25.0 Å². The predicted octanol–water partition coefficient (Wildman–Crippen LogP) is 2.53. The molecule has 0 spiro atoms. The molecule has 0 aliphatic heterocycles. The van der Waals surface area contributed by atoms with Crippen LogP contribution in [0, 0.1) is 0 Å². The van der Waals surface area contributed by atoms with Crippen molar-refractivity contribution in [2.75, 3.05) is 6.61 Å². The van der Waals surface area contributed by atoms with Crippen LogP contribution in [0.5, 0.6) is 0 Å². The van der Waals surface area contributed by atoms with Gasteiger partial charge in [-0.25, -0.2) is 0 Å². The molecule has 1 aromatic carbocycles. The molecule has 2 N–H and O–H groups in total. The zero-order valence-corrected chi connectivity index (χ0v) is 11.2. The Kier molecular flexibility index (Phi) is 6.01. The van der Waals surface area contributed by atoms with Crippen molar-refractivity contribution >= 4 is 5.91 Å². The van der Waals surface area contributed by atoms with E-state index in [0.29, 0.717) is 18.4 Å². The summed E-state index contributed by atoms with van der Waals surface area (Å²) in [4.78, 5) is 11.7. The third-order valence-corrected chi connectivity index (χ3v) is 2.98. The van der Waals surface area contributed by atoms with Crippen LogP contribution in [0.4, 0.5) is 13.2 Å². The van der Waals surface area contributed by atoms with Crippen molar-refractivity contribution in [1.29, 1.82) is 0 Å². The Morgan fingerprint density at radius 3 is 2.35 bits per heavy atom. The van der Waals surface area contributed by atoms with Gasteiger partial charge in [0.2, 0.25) is 5.91 Å². The zero-order chi connectivity index (χ0) is 15.2. The van der Waals surface area contributed by atoms with Crippen LogP contribution in [0.15, 0.2) is 24.3 Å². The lowest BCUT2D eigenvalue weighted by Crippen LogP contribution is -2.36. The summed E-state index contributed by atoms with van der Waals surface area (Å²) in [5.74, 6) is -0.259. The number of halogens is 3. The van der Waals surface area contributed by atoms with Gasteiger partial charge in [-0.05, 0) is 30.5 Å². The molecule has 0 fully saturated rings. The molecule has 0 bridgehead atoms. The lowest BCUT2D eigenvalue weighted by molar-refractivity contribution is -0.137. The number of amides is 1. The van der Waals surface area contributed by atoms with Crippen LogP contribution < -0.4 is 5.32 Å². The Morgan fingerprint density at radius 1 is 1.30 bits per heavy atom. The third-order valence-electron chi connectivity index (χ3n) is 2.98. The highest BCUT2D eigenvalue weighted by Gasteiger charge is 2.29. The van der Waals surface area contributed by atoms with E-state index >= 15 is 0 Å². The molecule has 0 saturated carbocycles. The molecular formula is C14H18F3NO2. The highest BCUT2D eigenvalue weighted by molar-refractivity contribution is 5.78. The van der Waals surface area contributed by atoms with Gasteiger partial charge in [-0.3, -0.25) is 4.79 Å². The van der Waals surface area contributed by atoms with E-state index in [0.717, 1.165) is 12.1 Å². The van der Waals surface area contributed by atoms with Crippen LogP contribution in [0.2, 0.25) is 0 Å². The average molecular weight is 289 g/mol. The molecule has 3 nitrogen and oxygen atoms in total. The Labute approximate surface area is 115 Å². The van der Waals surface area contributed by atoms with Crippen molar-refractivity contribution in [3.63, 3.8) is 0 Å². The van der Waals surface area contributed by atoms with Crippen LogP contribution in [-0.4, -0.2) is 23.7 Å². The maximum Gasteiger partial charge on any atom is 0.416 e. The van der Waals surface area contributed by atoms with E-state index in [1.807, 2.05) is 6.92 Å². The molecule has 1 unspecified atom stereocenters. The van der Waals surface area contributed by atoms with Gasteiger partial charge in [0.25, 0.3) is 0 Å². The van der Waals surface area contributed by atoms with Gasteiger partial charge in [-0.15, -0.1) is 0 Å². The minimum Gasteiger partial charge on any atom is -0.396 e. The van der Waals surface area contributed by atoms with Gasteiger partial charge in [0.15, 0.2) is 0 Å². The number of rotatable bonds is 6. The second-order valence-corrected chi connectivity index (χ2v) is 4.56. The Balaban J connectivity index is 2.58. The lowest BCUT2D eigenvalue weighted by atomic mass is 10.1. The zero-order valence-electron chi connectivity index (χ0n) is 11.2. The van der Waals surface area contributed by atoms with Gasteiger partial charge in [-0.2, -0.15) is 13.2 Å². The molecule has 0 aliphatic rings. The van der Waals surface area contributed by atoms with E-state index in [1.165, 1.54) is 12.1 Å². The van der Waals surface area contributed by atoms with Gasteiger partial charge in [0.1, 0.15) is 0 Å². The molecule has 20 heavy (non-hydrogen) atoms. The maximum absolute atomic E-state index is 12.4. The Bertz CT molecular complexity index is 429. The van der Waals surface area contributed by atoms with Crippen molar-refractivity contribution < 1.29 is 23.1 Å². The van der Waals surface area contributed by atoms with Gasteiger partial charge < -0.3 is 10.4 Å². The SMILES string of the molecule is CCC(CCO)NC(=O)Cc1ccc(C(F)(F)F)cc1. The number of nitrogens with one attached hydrogen (secondary N) is 1. The molecule has 1 rings (SSSR count). The van der Waals surface area contributed by atoms with Crippen molar-refractivity contribution in [3.05, 3.63) is 35.4 Å². The summed E-state index contributed by atoms with van der Waals surface area (Å²) >= 11 is 0. The first kappa shape index (κ1) is 16.5. The third kappa shape index (κ3) is 5.21. The van der Waals surface area contributed by atoms with Crippen molar-refractivity contribution in [3.8, 4) is 0 Å². The molecule has 0 radical (unpaired) electrons. The average Bonchev–Trinajstić information content (AvgIpc) is 2.37. The van der Waals surface area contributed by atoms with Crippen LogP contribution in [0.25, 0.3) is 0 Å². The first-order valence-corrected chi connectivity index (χ1v) is 6.43. The lowest BCUT2D eigenvalue weighted by Gasteiger charge is -2.15. The van der Waals surface area contributed by atoms with Crippen LogP contribution in [0.1, 0.15) is 30.9 Å². The molecule has 1 aromatic rings. The Hall–Kier alpha value is -1.56. The Morgan fingerprint density at radius 2 is 1.90 bits per heavy atom. The fourth-order valence-corrected chi connectivity index (χ4v) is 1.81. The number of aliphatic hydroxyl groups is 1. The van der Waals surface area contributed by atoms with Crippen molar-refractivity contribution in [2.24, 2.45) is 0 Å². The van der Waals surface area contributed by atoms with Crippen molar-refractivity contribution in [1.82, 2.24) is 5.32 Å². The largest absolute Gasteiger partial charge is 0.416 e. The maximum atomic E-state index is 12.4. The normalized spacial score (nSPS) is 13.1. The van der Waals surface area contributed by atoms with E-state index in [9.17, 15) is 18.0 Å². The minimum absolute atomic E-state index is 0.0148. The molecule has 1 amide bonds. The van der Waals surface area contributed by atoms with Crippen LogP contribution in [0.3, 0.4) is 0 Å². The number of carbonyl (C=O) groups is 1. The number of benzene rings is 1. The second-order valence-electron chi connectivity index (χ2n) is 4.56. The number of carbonyl (C=O) groups excluding carboxylic acids is 1. The first-order chi connectivity index (χ1) is 9.36. The topological polar surface area (TPSA) is 49.3 Å². The van der Waals surface area contributed by atoms with Crippen LogP contribution >= 0.6 is 0 Å². The molecule has 112 valence electrons. The molecule has 0 aliphatic carbocycles. The van der Waals surface area contributed by atoms with Crippen molar-refractivity contribution in [2.45, 2.75) is 38.4 Å². The van der Waals surface area contributed by atoms with E-state index < -0.39 is 11.7 Å². The molecule has 0 saturated heterocycles. The smallest absolute Gasteiger partial charge is 0.396 e. The summed E-state index contributed by atoms with van der Waals surface area (Å²) in [6, 6.07) is 4.42. The van der Waals surface area contributed by atoms with Gasteiger partial charge in [0.05, 0.1) is 12.0 Å². The number of hydrogen-bond donors (Lipinski definition) is 2. The molecule has 1 atom stereocenters. The molecule has 0 aromatic heterocycles. The molecular weight excluding hydrogens is 271 g/mol. The summed E-state index contributed by atoms with van der Waals surface area (Å²) in [5.41, 5.74) is -0.206.